The molecule has 29 heavy (non-hydrogen) atoms. The Labute approximate surface area is 173 Å². The first-order chi connectivity index (χ1) is 14.2. The molecule has 158 valence electrons. The molecule has 0 aliphatic carbocycles. The van der Waals surface area contributed by atoms with Crippen LogP contribution in [0.1, 0.15) is 76.5 Å². The zero-order chi connectivity index (χ0) is 20.5. The average molecular weight is 401 g/mol. The normalized spacial score (nSPS) is 19.4. The third-order valence-electron chi connectivity index (χ3n) is 5.47. The van der Waals surface area contributed by atoms with Crippen molar-refractivity contribution in [2.45, 2.75) is 71.5 Å². The van der Waals surface area contributed by atoms with E-state index in [0.717, 1.165) is 56.4 Å². The molecule has 1 fully saturated rings. The molecule has 2 aromatic rings. The highest BCUT2D eigenvalue weighted by molar-refractivity contribution is 5.62. The Morgan fingerprint density at radius 2 is 1.66 bits per heavy atom. The van der Waals surface area contributed by atoms with Gasteiger partial charge in [0.15, 0.2) is 6.29 Å². The molecular weight excluding hydrogens is 367 g/mol. The first kappa shape index (κ1) is 21.8. The third kappa shape index (κ3) is 6.31. The minimum atomic E-state index is -0.459. The molecule has 1 aliphatic rings. The van der Waals surface area contributed by atoms with Crippen LogP contribution in [0.25, 0.3) is 11.1 Å². The highest BCUT2D eigenvalue weighted by Gasteiger charge is 2.23. The second-order valence-electron chi connectivity index (χ2n) is 7.93. The molecule has 0 bridgehead atoms. The summed E-state index contributed by atoms with van der Waals surface area (Å²) >= 11 is 0. The molecule has 4 nitrogen and oxygen atoms in total. The number of rotatable bonds is 10. The van der Waals surface area contributed by atoms with E-state index in [1.807, 2.05) is 24.3 Å². The molecule has 0 saturated carbocycles. The Balaban J connectivity index is 1.56. The average Bonchev–Trinajstić information content (AvgIpc) is 2.75. The van der Waals surface area contributed by atoms with Crippen molar-refractivity contribution in [1.82, 2.24) is 9.97 Å². The summed E-state index contributed by atoms with van der Waals surface area (Å²) in [6, 6.07) is 7.64. The molecule has 0 radical (unpaired) electrons. The predicted molar refractivity (Wildman–Crippen MR) is 113 cm³/mol. The lowest BCUT2D eigenvalue weighted by Gasteiger charge is -2.29. The fourth-order valence-corrected chi connectivity index (χ4v) is 3.65. The lowest BCUT2D eigenvalue weighted by molar-refractivity contribution is -0.206. The van der Waals surface area contributed by atoms with Crippen LogP contribution in [0.15, 0.2) is 30.5 Å². The fourth-order valence-electron chi connectivity index (χ4n) is 3.65. The van der Waals surface area contributed by atoms with Gasteiger partial charge in [-0.15, -0.1) is 0 Å². The third-order valence-corrected chi connectivity index (χ3v) is 5.47. The maximum Gasteiger partial charge on any atom is 0.224 e. The molecule has 0 unspecified atom stereocenters. The first-order valence-corrected chi connectivity index (χ1v) is 11.1. The van der Waals surface area contributed by atoms with Crippen LogP contribution in [0.4, 0.5) is 4.39 Å². The van der Waals surface area contributed by atoms with Crippen LogP contribution >= 0.6 is 0 Å². The van der Waals surface area contributed by atoms with Gasteiger partial charge in [-0.05, 0) is 18.4 Å². The van der Waals surface area contributed by atoms with E-state index in [9.17, 15) is 4.39 Å². The topological polar surface area (TPSA) is 44.2 Å². The number of nitrogens with zero attached hydrogens (tertiary/aromatic N) is 2. The standard InChI is InChI=1S/C24H33FN2O2/c1-3-5-7-9-18-16-28-24(29-17-18)20-13-11-19(12-14-20)21-15-26-22(27-23(21)25)10-8-6-4-2/h11-15,18,24H,3-10,16-17H2,1-2H3. The van der Waals surface area contributed by atoms with Crippen molar-refractivity contribution in [2.24, 2.45) is 5.92 Å². The molecule has 0 spiro atoms. The van der Waals surface area contributed by atoms with Crippen molar-refractivity contribution in [1.29, 1.82) is 0 Å². The summed E-state index contributed by atoms with van der Waals surface area (Å²) in [7, 11) is 0. The van der Waals surface area contributed by atoms with Crippen LogP contribution in [0.3, 0.4) is 0 Å². The zero-order valence-corrected chi connectivity index (χ0v) is 17.7. The zero-order valence-electron chi connectivity index (χ0n) is 17.7. The fraction of sp³-hybridized carbons (Fsp3) is 0.583. The monoisotopic (exact) mass is 400 g/mol. The van der Waals surface area contributed by atoms with Gasteiger partial charge in [0.1, 0.15) is 5.82 Å². The van der Waals surface area contributed by atoms with E-state index in [2.05, 4.69) is 23.8 Å². The lowest BCUT2D eigenvalue weighted by atomic mass is 10.0. The van der Waals surface area contributed by atoms with Crippen molar-refractivity contribution in [3.63, 3.8) is 0 Å². The minimum absolute atomic E-state index is 0.339. The van der Waals surface area contributed by atoms with Crippen molar-refractivity contribution in [3.8, 4) is 11.1 Å². The van der Waals surface area contributed by atoms with Gasteiger partial charge in [0, 0.05) is 24.1 Å². The van der Waals surface area contributed by atoms with E-state index in [1.165, 1.54) is 19.3 Å². The molecular formula is C24H33FN2O2. The van der Waals surface area contributed by atoms with Gasteiger partial charge < -0.3 is 9.47 Å². The molecule has 1 saturated heterocycles. The van der Waals surface area contributed by atoms with E-state index in [1.54, 1.807) is 6.20 Å². The summed E-state index contributed by atoms with van der Waals surface area (Å²) in [5, 5.41) is 0. The number of aryl methyl sites for hydroxylation is 1. The number of benzene rings is 1. The van der Waals surface area contributed by atoms with E-state index in [0.29, 0.717) is 17.3 Å². The summed E-state index contributed by atoms with van der Waals surface area (Å²) in [6.07, 6.45) is 10.1. The van der Waals surface area contributed by atoms with Crippen molar-refractivity contribution in [2.75, 3.05) is 13.2 Å². The Bertz CT molecular complexity index is 743. The van der Waals surface area contributed by atoms with Crippen molar-refractivity contribution >= 4 is 0 Å². The number of hydrogen-bond acceptors (Lipinski definition) is 4. The van der Waals surface area contributed by atoms with E-state index >= 15 is 0 Å². The number of aromatic nitrogens is 2. The SMILES string of the molecule is CCCCCc1ncc(-c2ccc(C3OCC(CCCCC)CO3)cc2)c(F)n1. The highest BCUT2D eigenvalue weighted by Crippen LogP contribution is 2.29. The van der Waals surface area contributed by atoms with Crippen LogP contribution < -0.4 is 0 Å². The van der Waals surface area contributed by atoms with Crippen molar-refractivity contribution in [3.05, 3.63) is 47.8 Å². The number of hydrogen-bond donors (Lipinski definition) is 0. The summed E-state index contributed by atoms with van der Waals surface area (Å²) < 4.78 is 26.3. The Hall–Kier alpha value is -1.85. The molecule has 1 aromatic carbocycles. The van der Waals surface area contributed by atoms with Crippen LogP contribution in [-0.4, -0.2) is 23.2 Å². The molecule has 1 aliphatic heterocycles. The summed E-state index contributed by atoms with van der Waals surface area (Å²) in [6.45, 7) is 5.83. The predicted octanol–water partition coefficient (Wildman–Crippen LogP) is 6.26. The summed E-state index contributed by atoms with van der Waals surface area (Å²) in [5.41, 5.74) is 2.15. The molecule has 0 atom stereocenters. The maximum atomic E-state index is 14.5. The molecule has 5 heteroatoms. The van der Waals surface area contributed by atoms with Gasteiger partial charge in [-0.3, -0.25) is 0 Å². The van der Waals surface area contributed by atoms with Crippen LogP contribution in [0, 0.1) is 11.9 Å². The number of unbranched alkanes of at least 4 members (excludes halogenated alkanes) is 4. The largest absolute Gasteiger partial charge is 0.348 e. The van der Waals surface area contributed by atoms with Gasteiger partial charge in [-0.2, -0.15) is 4.39 Å². The first-order valence-electron chi connectivity index (χ1n) is 11.1. The lowest BCUT2D eigenvalue weighted by Crippen LogP contribution is -2.27. The quantitative estimate of drug-likeness (QED) is 0.349. The molecule has 1 aromatic heterocycles. The Morgan fingerprint density at radius 3 is 2.31 bits per heavy atom. The van der Waals surface area contributed by atoms with Gasteiger partial charge >= 0.3 is 0 Å². The van der Waals surface area contributed by atoms with E-state index in [4.69, 9.17) is 9.47 Å². The van der Waals surface area contributed by atoms with Gasteiger partial charge in [-0.25, -0.2) is 9.97 Å². The van der Waals surface area contributed by atoms with Crippen LogP contribution in [0.5, 0.6) is 0 Å². The van der Waals surface area contributed by atoms with Crippen molar-refractivity contribution < 1.29 is 13.9 Å². The van der Waals surface area contributed by atoms with Gasteiger partial charge in [-0.1, -0.05) is 70.2 Å². The molecule has 3 rings (SSSR count). The Kier molecular flexibility index (Phi) is 8.56. The maximum absolute atomic E-state index is 14.5. The van der Waals surface area contributed by atoms with Crippen LogP contribution in [-0.2, 0) is 15.9 Å². The summed E-state index contributed by atoms with van der Waals surface area (Å²) in [5.74, 6) is 0.604. The Morgan fingerprint density at radius 1 is 0.966 bits per heavy atom. The van der Waals surface area contributed by atoms with Gasteiger partial charge in [0.05, 0.1) is 18.8 Å². The second kappa shape index (κ2) is 11.4. The number of ether oxygens (including phenoxy) is 2. The van der Waals surface area contributed by atoms with Crippen LogP contribution in [0.2, 0.25) is 0 Å². The van der Waals surface area contributed by atoms with E-state index in [-0.39, 0.29) is 6.29 Å². The molecule has 2 heterocycles. The smallest absolute Gasteiger partial charge is 0.224 e. The molecule has 0 N–H and O–H groups in total. The van der Waals surface area contributed by atoms with E-state index < -0.39 is 5.95 Å². The summed E-state index contributed by atoms with van der Waals surface area (Å²) in [4.78, 5) is 8.38. The molecule has 0 amide bonds. The van der Waals surface area contributed by atoms with Gasteiger partial charge in [0.2, 0.25) is 5.95 Å². The number of halogens is 1. The highest BCUT2D eigenvalue weighted by atomic mass is 19.1. The van der Waals surface area contributed by atoms with Gasteiger partial charge in [0.25, 0.3) is 0 Å². The second-order valence-corrected chi connectivity index (χ2v) is 7.93. The minimum Gasteiger partial charge on any atom is -0.348 e.